The van der Waals surface area contributed by atoms with Crippen LogP contribution in [0.3, 0.4) is 0 Å². The third-order valence-corrected chi connectivity index (χ3v) is 6.43. The van der Waals surface area contributed by atoms with E-state index in [1.165, 1.54) is 61.5 Å². The minimum Gasteiger partial charge on any atom is -0.468 e. The van der Waals surface area contributed by atoms with Crippen LogP contribution in [0.25, 0.3) is 0 Å². The number of esters is 1. The molecule has 9 heteroatoms. The molecular formula is C19H24N4O3S2. The van der Waals surface area contributed by atoms with Crippen molar-refractivity contribution in [3.8, 4) is 0 Å². The number of benzene rings is 1. The zero-order valence-corrected chi connectivity index (χ0v) is 17.5. The van der Waals surface area contributed by atoms with E-state index in [0.717, 1.165) is 19.6 Å². The highest BCUT2D eigenvalue weighted by atomic mass is 32.2. The van der Waals surface area contributed by atoms with E-state index >= 15 is 0 Å². The van der Waals surface area contributed by atoms with Crippen LogP contribution in [0.1, 0.15) is 41.6 Å². The number of aromatic nitrogens is 2. The quantitative estimate of drug-likeness (QED) is 0.417. The molecule has 1 aliphatic rings. The normalized spacial score (nSPS) is 15.0. The number of carbonyl (C=O) groups is 2. The number of rotatable bonds is 7. The van der Waals surface area contributed by atoms with E-state index in [9.17, 15) is 9.59 Å². The molecule has 0 bridgehead atoms. The number of nitrogens with zero attached hydrogens (tertiary/aromatic N) is 3. The molecule has 0 aliphatic carbocycles. The van der Waals surface area contributed by atoms with Crippen molar-refractivity contribution < 1.29 is 14.3 Å². The molecule has 150 valence electrons. The molecule has 1 N–H and O–H groups in total. The van der Waals surface area contributed by atoms with Crippen molar-refractivity contribution in [1.29, 1.82) is 0 Å². The number of nitrogens with one attached hydrogen (secondary N) is 1. The van der Waals surface area contributed by atoms with Crippen LogP contribution in [0.5, 0.6) is 0 Å². The summed E-state index contributed by atoms with van der Waals surface area (Å²) in [5, 5.41) is 11.1. The number of likely N-dealkylation sites (tertiary alicyclic amines) is 1. The molecule has 1 aliphatic heterocycles. The van der Waals surface area contributed by atoms with Crippen molar-refractivity contribution in [2.75, 3.05) is 31.3 Å². The van der Waals surface area contributed by atoms with Crippen LogP contribution in [0.2, 0.25) is 0 Å². The van der Waals surface area contributed by atoms with Gasteiger partial charge in [0.05, 0.1) is 12.9 Å². The monoisotopic (exact) mass is 420 g/mol. The summed E-state index contributed by atoms with van der Waals surface area (Å²) < 4.78 is 5.19. The summed E-state index contributed by atoms with van der Waals surface area (Å²) in [6.07, 6.45) is 5.18. The predicted molar refractivity (Wildman–Crippen MR) is 111 cm³/mol. The maximum Gasteiger partial charge on any atom is 0.316 e. The second-order valence-corrected chi connectivity index (χ2v) is 8.78. The van der Waals surface area contributed by atoms with Crippen molar-refractivity contribution in [2.24, 2.45) is 0 Å². The number of methoxy groups -OCH3 is 1. The molecule has 1 fully saturated rings. The standard InChI is InChI=1S/C19H24N4O3S2/c1-26-16(24)13-27-19-22-21-18(28-19)20-17(25)15-8-6-14(7-9-15)12-23-10-4-2-3-5-11-23/h6-9H,2-5,10-13H2,1H3,(H,20,21,25). The average molecular weight is 421 g/mol. The van der Waals surface area contributed by atoms with Crippen LogP contribution in [0.4, 0.5) is 5.13 Å². The molecule has 1 amide bonds. The fourth-order valence-electron chi connectivity index (χ4n) is 2.98. The fourth-order valence-corrected chi connectivity index (χ4v) is 4.56. The average Bonchev–Trinajstić information content (AvgIpc) is 3.00. The van der Waals surface area contributed by atoms with Gasteiger partial charge < -0.3 is 4.74 Å². The second kappa shape index (κ2) is 10.5. The highest BCUT2D eigenvalue weighted by Crippen LogP contribution is 2.25. The van der Waals surface area contributed by atoms with Gasteiger partial charge in [0.1, 0.15) is 0 Å². The number of anilines is 1. The Morgan fingerprint density at radius 3 is 2.54 bits per heavy atom. The van der Waals surface area contributed by atoms with Crippen LogP contribution in [0.15, 0.2) is 28.6 Å². The molecule has 7 nitrogen and oxygen atoms in total. The van der Waals surface area contributed by atoms with Crippen molar-refractivity contribution in [1.82, 2.24) is 15.1 Å². The van der Waals surface area contributed by atoms with Crippen molar-refractivity contribution in [3.05, 3.63) is 35.4 Å². The van der Waals surface area contributed by atoms with Crippen molar-refractivity contribution in [3.63, 3.8) is 0 Å². The Kier molecular flexibility index (Phi) is 7.81. The van der Waals surface area contributed by atoms with Gasteiger partial charge in [0, 0.05) is 12.1 Å². The second-order valence-electron chi connectivity index (χ2n) is 6.58. The molecule has 2 aromatic rings. The van der Waals surface area contributed by atoms with E-state index in [0.29, 0.717) is 15.0 Å². The number of thioether (sulfide) groups is 1. The van der Waals surface area contributed by atoms with E-state index in [1.807, 2.05) is 24.3 Å². The van der Waals surface area contributed by atoms with Crippen LogP contribution in [-0.4, -0.2) is 52.9 Å². The SMILES string of the molecule is COC(=O)CSc1nnc(NC(=O)c2ccc(CN3CCCCCC3)cc2)s1. The highest BCUT2D eigenvalue weighted by Gasteiger charge is 2.13. The molecule has 28 heavy (non-hydrogen) atoms. The third-order valence-electron chi connectivity index (χ3n) is 4.49. The van der Waals surface area contributed by atoms with Crippen molar-refractivity contribution in [2.45, 2.75) is 36.6 Å². The smallest absolute Gasteiger partial charge is 0.316 e. The molecule has 0 radical (unpaired) electrons. The first kappa shape index (κ1) is 20.8. The van der Waals surface area contributed by atoms with E-state index in [2.05, 4.69) is 25.2 Å². The van der Waals surface area contributed by atoms with Gasteiger partial charge in [0.15, 0.2) is 4.34 Å². The minimum atomic E-state index is -0.328. The maximum atomic E-state index is 12.4. The van der Waals surface area contributed by atoms with Crippen molar-refractivity contribution >= 4 is 40.1 Å². The lowest BCUT2D eigenvalue weighted by Gasteiger charge is -2.19. The van der Waals surface area contributed by atoms with Gasteiger partial charge in [-0.1, -0.05) is 48.1 Å². The lowest BCUT2D eigenvalue weighted by Crippen LogP contribution is -2.24. The first-order chi connectivity index (χ1) is 13.6. The highest BCUT2D eigenvalue weighted by molar-refractivity contribution is 8.01. The first-order valence-corrected chi connectivity index (χ1v) is 11.1. The van der Waals surface area contributed by atoms with E-state index in [-0.39, 0.29) is 17.6 Å². The van der Waals surface area contributed by atoms with Crippen LogP contribution >= 0.6 is 23.1 Å². The zero-order valence-electron chi connectivity index (χ0n) is 15.8. The Labute approximate surface area is 172 Å². The summed E-state index contributed by atoms with van der Waals surface area (Å²) >= 11 is 2.46. The summed E-state index contributed by atoms with van der Waals surface area (Å²) in [6, 6.07) is 7.71. The van der Waals surface area contributed by atoms with Gasteiger partial charge >= 0.3 is 5.97 Å². The molecule has 1 saturated heterocycles. The van der Waals surface area contributed by atoms with Gasteiger partial charge in [0.2, 0.25) is 5.13 Å². The Morgan fingerprint density at radius 2 is 1.86 bits per heavy atom. The first-order valence-electron chi connectivity index (χ1n) is 9.30. The molecule has 1 aromatic carbocycles. The van der Waals surface area contributed by atoms with Gasteiger partial charge in [-0.05, 0) is 43.6 Å². The molecule has 2 heterocycles. The van der Waals surface area contributed by atoms with Gasteiger partial charge in [0.25, 0.3) is 5.91 Å². The number of ether oxygens (including phenoxy) is 1. The molecule has 1 aromatic heterocycles. The summed E-state index contributed by atoms with van der Waals surface area (Å²) in [6.45, 7) is 3.23. The number of amides is 1. The molecule has 3 rings (SSSR count). The molecule has 0 unspecified atom stereocenters. The van der Waals surface area contributed by atoms with E-state index in [1.54, 1.807) is 0 Å². The Morgan fingerprint density at radius 1 is 1.14 bits per heavy atom. The van der Waals surface area contributed by atoms with Crippen LogP contribution in [0, 0.1) is 0 Å². The van der Waals surface area contributed by atoms with Gasteiger partial charge in [-0.2, -0.15) is 0 Å². The predicted octanol–water partition coefficient (Wildman–Crippen LogP) is 3.43. The minimum absolute atomic E-state index is 0.164. The molecule has 0 spiro atoms. The summed E-state index contributed by atoms with van der Waals surface area (Å²) in [7, 11) is 1.34. The Balaban J connectivity index is 1.51. The largest absolute Gasteiger partial charge is 0.468 e. The molecular weight excluding hydrogens is 396 g/mol. The molecule has 0 atom stereocenters. The number of carbonyl (C=O) groups excluding carboxylic acids is 2. The Hall–Kier alpha value is -1.97. The summed E-state index contributed by atoms with van der Waals surface area (Å²) in [4.78, 5) is 26.1. The van der Waals surface area contributed by atoms with E-state index < -0.39 is 0 Å². The lowest BCUT2D eigenvalue weighted by molar-refractivity contribution is -0.137. The lowest BCUT2D eigenvalue weighted by atomic mass is 10.1. The third kappa shape index (κ3) is 6.29. The van der Waals surface area contributed by atoms with Gasteiger partial charge in [-0.25, -0.2) is 0 Å². The van der Waals surface area contributed by atoms with Gasteiger partial charge in [-0.15, -0.1) is 10.2 Å². The summed E-state index contributed by atoms with van der Waals surface area (Å²) in [5.74, 6) is -0.384. The summed E-state index contributed by atoms with van der Waals surface area (Å²) in [5.41, 5.74) is 1.80. The van der Waals surface area contributed by atoms with Crippen LogP contribution in [-0.2, 0) is 16.1 Å². The fraction of sp³-hybridized carbons (Fsp3) is 0.474. The molecule has 0 saturated carbocycles. The number of hydrogen-bond acceptors (Lipinski definition) is 8. The topological polar surface area (TPSA) is 84.4 Å². The van der Waals surface area contributed by atoms with Gasteiger partial charge in [-0.3, -0.25) is 19.8 Å². The van der Waals surface area contributed by atoms with Crippen LogP contribution < -0.4 is 5.32 Å². The Bertz CT molecular complexity index is 787. The number of hydrogen-bond donors (Lipinski definition) is 1. The van der Waals surface area contributed by atoms with E-state index in [4.69, 9.17) is 0 Å². The zero-order chi connectivity index (χ0) is 19.8. The maximum absolute atomic E-state index is 12.4.